The van der Waals surface area contributed by atoms with E-state index in [-0.39, 0.29) is 28.2 Å². The van der Waals surface area contributed by atoms with E-state index in [1.165, 1.54) is 0 Å². The monoisotopic (exact) mass is 386 g/mol. The van der Waals surface area contributed by atoms with Crippen LogP contribution in [0.1, 0.15) is 24.0 Å². The Balaban J connectivity index is 2.39. The molecule has 0 N–H and O–H groups in total. The van der Waals surface area contributed by atoms with E-state index in [0.29, 0.717) is 25.0 Å². The molecular formula is C13H11Cl2F3N2O2S. The fraction of sp³-hybridized carbons (Fsp3) is 0.462. The summed E-state index contributed by atoms with van der Waals surface area (Å²) in [7, 11) is -3.98. The van der Waals surface area contributed by atoms with Gasteiger partial charge in [0.25, 0.3) is 0 Å². The Kier molecular flexibility index (Phi) is 5.16. The summed E-state index contributed by atoms with van der Waals surface area (Å²) in [6, 6.07) is 2.79. The molecule has 0 spiro atoms. The third-order valence-electron chi connectivity index (χ3n) is 3.31. The minimum absolute atomic E-state index is 0.240. The van der Waals surface area contributed by atoms with Gasteiger partial charge in [-0.3, -0.25) is 0 Å². The Bertz CT molecular complexity index is 756. The Hall–Kier alpha value is -1.01. The topological polar surface area (TPSA) is 61.2 Å². The van der Waals surface area contributed by atoms with Gasteiger partial charge in [-0.1, -0.05) is 23.2 Å². The van der Waals surface area contributed by atoms with Crippen molar-refractivity contribution in [1.82, 2.24) is 4.31 Å². The zero-order valence-corrected chi connectivity index (χ0v) is 13.9. The standard InChI is InChI=1S/C13H11Cl2F3N2O2S/c14-11-6-9(13(16,17)18)5-8(12(11)15)7-23(21,22)20(4-3-19)10-1-2-10/h5-6,10H,1-2,4,7H2. The molecule has 4 nitrogen and oxygen atoms in total. The molecule has 1 aromatic carbocycles. The number of alkyl halides is 3. The molecule has 0 saturated heterocycles. The molecule has 1 fully saturated rings. The first kappa shape index (κ1) is 18.3. The smallest absolute Gasteiger partial charge is 0.212 e. The molecule has 23 heavy (non-hydrogen) atoms. The fourth-order valence-electron chi connectivity index (χ4n) is 2.08. The van der Waals surface area contributed by atoms with Gasteiger partial charge in [-0.2, -0.15) is 22.7 Å². The van der Waals surface area contributed by atoms with Gasteiger partial charge in [0.2, 0.25) is 10.0 Å². The normalized spacial score (nSPS) is 15.7. The predicted octanol–water partition coefficient (Wildman–Crippen LogP) is 3.83. The van der Waals surface area contributed by atoms with Crippen LogP contribution in [0.4, 0.5) is 13.2 Å². The van der Waals surface area contributed by atoms with E-state index in [1.807, 2.05) is 0 Å². The predicted molar refractivity (Wildman–Crippen MR) is 79.4 cm³/mol. The maximum Gasteiger partial charge on any atom is 0.416 e. The Morgan fingerprint density at radius 1 is 1.30 bits per heavy atom. The third-order valence-corrected chi connectivity index (χ3v) is 5.97. The summed E-state index contributed by atoms with van der Waals surface area (Å²) in [5.74, 6) is -0.742. The van der Waals surface area contributed by atoms with Gasteiger partial charge in [-0.05, 0) is 30.5 Å². The number of benzene rings is 1. The maximum absolute atomic E-state index is 12.8. The van der Waals surface area contributed by atoms with E-state index < -0.39 is 27.5 Å². The van der Waals surface area contributed by atoms with Crippen molar-refractivity contribution in [2.75, 3.05) is 6.54 Å². The molecule has 0 aromatic heterocycles. The second-order valence-corrected chi connectivity index (χ2v) is 7.83. The van der Waals surface area contributed by atoms with Gasteiger partial charge in [-0.15, -0.1) is 0 Å². The SMILES string of the molecule is N#CCN(C1CC1)S(=O)(=O)Cc1cc(C(F)(F)F)cc(Cl)c1Cl. The number of rotatable bonds is 5. The van der Waals surface area contributed by atoms with E-state index in [2.05, 4.69) is 0 Å². The first-order valence-electron chi connectivity index (χ1n) is 6.48. The average Bonchev–Trinajstić information content (AvgIpc) is 3.23. The summed E-state index contributed by atoms with van der Waals surface area (Å²) in [5.41, 5.74) is -1.31. The summed E-state index contributed by atoms with van der Waals surface area (Å²) >= 11 is 11.5. The molecule has 0 unspecified atom stereocenters. The average molecular weight is 387 g/mol. The Morgan fingerprint density at radius 2 is 1.91 bits per heavy atom. The second-order valence-electron chi connectivity index (χ2n) is 5.12. The van der Waals surface area contributed by atoms with Crippen molar-refractivity contribution in [3.05, 3.63) is 33.3 Å². The molecule has 1 aromatic rings. The molecule has 10 heteroatoms. The van der Waals surface area contributed by atoms with Crippen LogP contribution in [-0.2, 0) is 22.0 Å². The molecule has 0 radical (unpaired) electrons. The van der Waals surface area contributed by atoms with E-state index in [9.17, 15) is 21.6 Å². The summed E-state index contributed by atoms with van der Waals surface area (Å²) in [6.45, 7) is -0.350. The van der Waals surface area contributed by atoms with E-state index in [1.54, 1.807) is 6.07 Å². The highest BCUT2D eigenvalue weighted by molar-refractivity contribution is 7.88. The summed E-state index contributed by atoms with van der Waals surface area (Å²) in [4.78, 5) is 0. The molecule has 1 aliphatic carbocycles. The third kappa shape index (κ3) is 4.29. The van der Waals surface area contributed by atoms with Gasteiger partial charge in [0.05, 0.1) is 27.4 Å². The molecule has 0 bridgehead atoms. The number of nitrogens with zero attached hydrogens (tertiary/aromatic N) is 2. The lowest BCUT2D eigenvalue weighted by Crippen LogP contribution is -2.34. The lowest BCUT2D eigenvalue weighted by Gasteiger charge is -2.20. The first-order chi connectivity index (χ1) is 10.6. The van der Waals surface area contributed by atoms with Crippen molar-refractivity contribution in [2.24, 2.45) is 0 Å². The van der Waals surface area contributed by atoms with Crippen LogP contribution in [0.2, 0.25) is 10.0 Å². The molecule has 126 valence electrons. The lowest BCUT2D eigenvalue weighted by atomic mass is 10.1. The van der Waals surface area contributed by atoms with Gasteiger partial charge in [-0.25, -0.2) is 8.42 Å². The van der Waals surface area contributed by atoms with Crippen molar-refractivity contribution in [1.29, 1.82) is 5.26 Å². The Morgan fingerprint density at radius 3 is 2.39 bits per heavy atom. The number of hydrogen-bond acceptors (Lipinski definition) is 3. The molecule has 0 amide bonds. The van der Waals surface area contributed by atoms with Crippen molar-refractivity contribution < 1.29 is 21.6 Å². The molecule has 2 rings (SSSR count). The first-order valence-corrected chi connectivity index (χ1v) is 8.84. The van der Waals surface area contributed by atoms with Crippen LogP contribution in [0.15, 0.2) is 12.1 Å². The number of nitriles is 1. The van der Waals surface area contributed by atoms with Gasteiger partial charge >= 0.3 is 6.18 Å². The van der Waals surface area contributed by atoms with E-state index in [4.69, 9.17) is 28.5 Å². The summed E-state index contributed by atoms with van der Waals surface area (Å²) < 4.78 is 64.2. The van der Waals surface area contributed by atoms with Crippen molar-refractivity contribution in [2.45, 2.75) is 30.8 Å². The fourth-order valence-corrected chi connectivity index (χ4v) is 4.28. The highest BCUT2D eigenvalue weighted by atomic mass is 35.5. The zero-order valence-electron chi connectivity index (χ0n) is 11.6. The molecule has 0 heterocycles. The minimum atomic E-state index is -4.67. The van der Waals surface area contributed by atoms with Crippen LogP contribution < -0.4 is 0 Å². The van der Waals surface area contributed by atoms with Crippen molar-refractivity contribution in [3.8, 4) is 6.07 Å². The van der Waals surface area contributed by atoms with E-state index in [0.717, 1.165) is 4.31 Å². The molecule has 1 aliphatic rings. The molecule has 0 atom stereocenters. The second kappa shape index (κ2) is 6.48. The van der Waals surface area contributed by atoms with Gasteiger partial charge < -0.3 is 0 Å². The Labute approximate surface area is 141 Å². The summed E-state index contributed by atoms with van der Waals surface area (Å²) in [6.07, 6.45) is -3.43. The van der Waals surface area contributed by atoms with Crippen molar-refractivity contribution >= 4 is 33.2 Å². The summed E-state index contributed by atoms with van der Waals surface area (Å²) in [5, 5.41) is 8.13. The number of hydrogen-bond donors (Lipinski definition) is 0. The highest BCUT2D eigenvalue weighted by Gasteiger charge is 2.38. The molecule has 1 saturated carbocycles. The van der Waals surface area contributed by atoms with Crippen LogP contribution in [0.5, 0.6) is 0 Å². The van der Waals surface area contributed by atoms with Gasteiger partial charge in [0, 0.05) is 6.04 Å². The molecular weight excluding hydrogens is 376 g/mol. The zero-order chi connectivity index (χ0) is 17.4. The number of sulfonamides is 1. The van der Waals surface area contributed by atoms with Gasteiger partial charge in [0.15, 0.2) is 0 Å². The van der Waals surface area contributed by atoms with Gasteiger partial charge in [0.1, 0.15) is 6.54 Å². The minimum Gasteiger partial charge on any atom is -0.212 e. The van der Waals surface area contributed by atoms with Crippen LogP contribution in [0.25, 0.3) is 0 Å². The lowest BCUT2D eigenvalue weighted by molar-refractivity contribution is -0.137. The van der Waals surface area contributed by atoms with Crippen LogP contribution in [-0.4, -0.2) is 25.3 Å². The number of halogens is 5. The highest BCUT2D eigenvalue weighted by Crippen LogP contribution is 2.37. The molecule has 0 aliphatic heterocycles. The van der Waals surface area contributed by atoms with Crippen LogP contribution in [0.3, 0.4) is 0 Å². The van der Waals surface area contributed by atoms with Crippen molar-refractivity contribution in [3.63, 3.8) is 0 Å². The quantitative estimate of drug-likeness (QED) is 0.722. The van der Waals surface area contributed by atoms with E-state index >= 15 is 0 Å². The largest absolute Gasteiger partial charge is 0.416 e. The maximum atomic E-state index is 12.8. The van der Waals surface area contributed by atoms with Crippen LogP contribution >= 0.6 is 23.2 Å². The van der Waals surface area contributed by atoms with Crippen LogP contribution in [0, 0.1) is 11.3 Å².